The first-order valence-electron chi connectivity index (χ1n) is 11.6. The van der Waals surface area contributed by atoms with Gasteiger partial charge in [-0.05, 0) is 54.3 Å². The molecule has 0 atom stereocenters. The average Bonchev–Trinajstić information content (AvgIpc) is 3.53. The molecule has 2 fully saturated rings. The quantitative estimate of drug-likeness (QED) is 0.342. The summed E-state index contributed by atoms with van der Waals surface area (Å²) >= 11 is 1.35. The number of carbonyl (C=O) groups excluding carboxylic acids is 1. The van der Waals surface area contributed by atoms with Crippen LogP contribution in [0.2, 0.25) is 0 Å². The minimum atomic E-state index is -0.389. The molecule has 0 N–H and O–H groups in total. The largest absolute Gasteiger partial charge is 0.469 e. The maximum absolute atomic E-state index is 15.1. The van der Waals surface area contributed by atoms with Crippen molar-refractivity contribution in [3.63, 3.8) is 0 Å². The number of thiazole rings is 1. The first-order chi connectivity index (χ1) is 17.0. The van der Waals surface area contributed by atoms with Crippen LogP contribution in [-0.4, -0.2) is 41.0 Å². The van der Waals surface area contributed by atoms with E-state index in [4.69, 9.17) is 9.72 Å². The van der Waals surface area contributed by atoms with Crippen LogP contribution >= 0.6 is 11.3 Å². The molecule has 35 heavy (non-hydrogen) atoms. The van der Waals surface area contributed by atoms with E-state index in [0.29, 0.717) is 41.3 Å². The van der Waals surface area contributed by atoms with E-state index in [1.165, 1.54) is 30.6 Å². The van der Waals surface area contributed by atoms with Gasteiger partial charge in [0, 0.05) is 30.6 Å². The van der Waals surface area contributed by atoms with Crippen LogP contribution in [0.5, 0.6) is 0 Å². The van der Waals surface area contributed by atoms with E-state index in [1.807, 2.05) is 30.3 Å². The van der Waals surface area contributed by atoms with Gasteiger partial charge in [-0.3, -0.25) is 9.69 Å². The first kappa shape index (κ1) is 22.2. The number of ether oxygens (including phenoxy) is 1. The minimum absolute atomic E-state index is 0.0996. The fourth-order valence-corrected chi connectivity index (χ4v) is 5.90. The van der Waals surface area contributed by atoms with E-state index >= 15 is 4.39 Å². The predicted molar refractivity (Wildman–Crippen MR) is 130 cm³/mol. The molecule has 2 aromatic carbocycles. The van der Waals surface area contributed by atoms with Crippen molar-refractivity contribution in [2.24, 2.45) is 5.92 Å². The van der Waals surface area contributed by atoms with Gasteiger partial charge in [-0.1, -0.05) is 35.6 Å². The molecule has 1 aliphatic heterocycles. The molecule has 8 heteroatoms. The Labute approximate surface area is 205 Å². The number of hydrogen-bond donors (Lipinski definition) is 0. The second kappa shape index (κ2) is 8.46. The Hall–Kier alpha value is -3.23. The highest BCUT2D eigenvalue weighted by atomic mass is 32.1. The maximum Gasteiger partial charge on any atom is 0.311 e. The molecule has 0 unspecified atom stereocenters. The van der Waals surface area contributed by atoms with E-state index in [-0.39, 0.29) is 28.9 Å². The molecule has 2 aromatic heterocycles. The van der Waals surface area contributed by atoms with E-state index in [1.54, 1.807) is 12.1 Å². The molecule has 0 bridgehead atoms. The number of fused-ring (bicyclic) bond motifs is 1. The van der Waals surface area contributed by atoms with E-state index in [9.17, 15) is 9.18 Å². The number of rotatable bonds is 6. The Kier molecular flexibility index (Phi) is 5.38. The lowest BCUT2D eigenvalue weighted by molar-refractivity contribution is -0.151. The number of likely N-dealkylation sites (tertiary alicyclic amines) is 1. The lowest BCUT2D eigenvalue weighted by Gasteiger charge is -2.37. The number of carbonyl (C=O) groups is 1. The number of aromatic nitrogens is 2. The molecule has 0 radical (unpaired) electrons. The normalized spacial score (nSPS) is 17.3. The molecule has 0 amide bonds. The minimum Gasteiger partial charge on any atom is -0.469 e. The van der Waals surface area contributed by atoms with E-state index in [0.717, 1.165) is 28.9 Å². The monoisotopic (exact) mass is 491 g/mol. The van der Waals surface area contributed by atoms with Crippen LogP contribution in [0.4, 0.5) is 8.78 Å². The molecule has 5 nitrogen and oxygen atoms in total. The van der Waals surface area contributed by atoms with Gasteiger partial charge in [0.1, 0.15) is 27.0 Å². The zero-order chi connectivity index (χ0) is 24.2. The molecule has 178 valence electrons. The van der Waals surface area contributed by atoms with Crippen molar-refractivity contribution in [3.05, 3.63) is 83.1 Å². The Morgan fingerprint density at radius 1 is 1.09 bits per heavy atom. The SMILES string of the molecule is COC(=O)C1CN(Cc2ccc(-c3nc4ccc(C5(c6ccccc6F)CC5)nc4s3)c(F)c2)C1. The van der Waals surface area contributed by atoms with Gasteiger partial charge in [-0.15, -0.1) is 0 Å². The van der Waals surface area contributed by atoms with Gasteiger partial charge >= 0.3 is 5.97 Å². The molecule has 1 saturated heterocycles. The van der Waals surface area contributed by atoms with Gasteiger partial charge < -0.3 is 4.74 Å². The summed E-state index contributed by atoms with van der Waals surface area (Å²) in [6.07, 6.45) is 1.71. The van der Waals surface area contributed by atoms with Crippen LogP contribution in [0.15, 0.2) is 54.6 Å². The summed E-state index contributed by atoms with van der Waals surface area (Å²) in [7, 11) is 1.39. The standard InChI is InChI=1S/C27H23F2N3O2S/c1-34-26(33)17-14-32(15-17)13-16-6-7-18(21(29)12-16)24-30-22-8-9-23(31-25(22)35-24)27(10-11-27)19-4-2-3-5-20(19)28/h2-9,12,17H,10-11,13-15H2,1H3. The third-order valence-corrected chi connectivity index (χ3v) is 8.05. The molecule has 0 spiro atoms. The van der Waals surface area contributed by atoms with Gasteiger partial charge in [0.25, 0.3) is 0 Å². The van der Waals surface area contributed by atoms with Gasteiger partial charge in [0.15, 0.2) is 0 Å². The summed E-state index contributed by atoms with van der Waals surface area (Å²) in [4.78, 5) is 23.8. The number of esters is 1. The van der Waals surface area contributed by atoms with Crippen molar-refractivity contribution in [3.8, 4) is 10.6 Å². The highest BCUT2D eigenvalue weighted by molar-refractivity contribution is 7.21. The summed E-state index contributed by atoms with van der Waals surface area (Å²) < 4.78 is 34.3. The number of nitrogens with zero attached hydrogens (tertiary/aromatic N) is 3. The number of benzene rings is 2. The number of hydrogen-bond acceptors (Lipinski definition) is 6. The van der Waals surface area contributed by atoms with Gasteiger partial charge in [0.05, 0.1) is 18.7 Å². The third-order valence-electron chi connectivity index (χ3n) is 7.05. The second-order valence-electron chi connectivity index (χ2n) is 9.33. The first-order valence-corrected chi connectivity index (χ1v) is 12.4. The number of halogens is 2. The topological polar surface area (TPSA) is 55.3 Å². The van der Waals surface area contributed by atoms with Crippen molar-refractivity contribution < 1.29 is 18.3 Å². The fraction of sp³-hybridized carbons (Fsp3) is 0.296. The zero-order valence-electron chi connectivity index (χ0n) is 19.1. The summed E-state index contributed by atoms with van der Waals surface area (Å²) in [5.74, 6) is -0.843. The number of pyridine rings is 1. The molecule has 3 heterocycles. The predicted octanol–water partition coefficient (Wildman–Crippen LogP) is 5.32. The van der Waals surface area contributed by atoms with E-state index in [2.05, 4.69) is 9.88 Å². The van der Waals surface area contributed by atoms with Gasteiger partial charge in [-0.2, -0.15) is 0 Å². The summed E-state index contributed by atoms with van der Waals surface area (Å²) in [6.45, 7) is 1.82. The molecule has 1 aliphatic carbocycles. The lowest BCUT2D eigenvalue weighted by atomic mass is 9.91. The highest BCUT2D eigenvalue weighted by Crippen LogP contribution is 2.53. The lowest BCUT2D eigenvalue weighted by Crippen LogP contribution is -2.49. The highest BCUT2D eigenvalue weighted by Gasteiger charge is 2.48. The van der Waals surface area contributed by atoms with Crippen LogP contribution in [0.25, 0.3) is 20.9 Å². The fourth-order valence-electron chi connectivity index (χ4n) is 4.94. The number of methoxy groups -OCH3 is 1. The van der Waals surface area contributed by atoms with Crippen LogP contribution in [0.1, 0.15) is 29.7 Å². The van der Waals surface area contributed by atoms with Crippen molar-refractivity contribution in [2.45, 2.75) is 24.8 Å². The molecule has 4 aromatic rings. The molecule has 1 saturated carbocycles. The summed E-state index contributed by atoms with van der Waals surface area (Å²) in [5.41, 5.74) is 3.11. The van der Waals surface area contributed by atoms with Gasteiger partial charge in [0.2, 0.25) is 0 Å². The molecule has 2 aliphatic rings. The van der Waals surface area contributed by atoms with Crippen molar-refractivity contribution in [2.75, 3.05) is 20.2 Å². The van der Waals surface area contributed by atoms with E-state index < -0.39 is 0 Å². The summed E-state index contributed by atoms with van der Waals surface area (Å²) in [6, 6.07) is 15.9. The van der Waals surface area contributed by atoms with Crippen LogP contribution in [-0.2, 0) is 21.5 Å². The smallest absolute Gasteiger partial charge is 0.311 e. The Morgan fingerprint density at radius 3 is 2.60 bits per heavy atom. The third kappa shape index (κ3) is 3.90. The molecular weight excluding hydrogens is 468 g/mol. The average molecular weight is 492 g/mol. The Balaban J connectivity index is 1.23. The molecule has 6 rings (SSSR count). The van der Waals surface area contributed by atoms with Crippen LogP contribution in [0, 0.1) is 17.6 Å². The van der Waals surface area contributed by atoms with Gasteiger partial charge in [-0.25, -0.2) is 18.7 Å². The van der Waals surface area contributed by atoms with Crippen LogP contribution in [0.3, 0.4) is 0 Å². The summed E-state index contributed by atoms with van der Waals surface area (Å²) in [5, 5.41) is 0.569. The zero-order valence-corrected chi connectivity index (χ0v) is 19.9. The van der Waals surface area contributed by atoms with Crippen molar-refractivity contribution >= 4 is 27.7 Å². The second-order valence-corrected chi connectivity index (χ2v) is 10.3. The Morgan fingerprint density at radius 2 is 1.89 bits per heavy atom. The van der Waals surface area contributed by atoms with Crippen LogP contribution < -0.4 is 0 Å². The maximum atomic E-state index is 15.1. The molecular formula is C27H23F2N3O2S. The Bertz CT molecular complexity index is 1440. The van der Waals surface area contributed by atoms with Crippen molar-refractivity contribution in [1.82, 2.24) is 14.9 Å². The van der Waals surface area contributed by atoms with Crippen molar-refractivity contribution in [1.29, 1.82) is 0 Å².